The van der Waals surface area contributed by atoms with Gasteiger partial charge in [-0.05, 0) is 0 Å². The van der Waals surface area contributed by atoms with Crippen molar-refractivity contribution < 1.29 is 0 Å². The van der Waals surface area contributed by atoms with Crippen molar-refractivity contribution in [3.63, 3.8) is 0 Å². The Bertz CT molecular complexity index is 25.2. The van der Waals surface area contributed by atoms with E-state index < -0.39 is 0 Å². The van der Waals surface area contributed by atoms with Gasteiger partial charge in [0.05, 0.1) is 0 Å². The molecule has 0 spiro atoms. The number of hydrogen-bond acceptors (Lipinski definition) is 0. The molecule has 0 atom stereocenters. The van der Waals surface area contributed by atoms with E-state index in [-0.39, 0.29) is 6.93 Å². The van der Waals surface area contributed by atoms with Crippen LogP contribution in [-0.2, 0) is 0 Å². The summed E-state index contributed by atoms with van der Waals surface area (Å²) in [4.78, 5) is 0. The minimum Gasteiger partial charge on any atom is -0.359 e. The van der Waals surface area contributed by atoms with Gasteiger partial charge in [0, 0.05) is 0 Å². The summed E-state index contributed by atoms with van der Waals surface area (Å²) in [7, 11) is 1.33. The van der Waals surface area contributed by atoms with Gasteiger partial charge in [-0.2, -0.15) is 6.93 Å². The first kappa shape index (κ1) is 3.12. The molecule has 0 aliphatic carbocycles. The molecule has 0 bridgehead atoms. The summed E-state index contributed by atoms with van der Waals surface area (Å²) in [5.74, 6) is 0. The molecule has 0 unspecified atom stereocenters. The zero-order valence-electron chi connectivity index (χ0n) is 2.09. The van der Waals surface area contributed by atoms with Gasteiger partial charge in [0.25, 0.3) is 0 Å². The van der Waals surface area contributed by atoms with E-state index in [2.05, 4.69) is 15.3 Å². The Morgan fingerprint density at radius 2 is 2.25 bits per heavy atom. The molecule has 0 aromatic carbocycles. The summed E-state index contributed by atoms with van der Waals surface area (Å²) in [5, 5.41) is 0. The van der Waals surface area contributed by atoms with Crippen LogP contribution in [0.2, 0.25) is 5.67 Å². The van der Waals surface area contributed by atoms with Crippen LogP contribution >= 0.6 is 15.3 Å². The SMILES string of the molecule is Br[Si-]1C[Si]1. The molecular weight excluding hydrogens is 148 g/mol. The summed E-state index contributed by atoms with van der Waals surface area (Å²) in [5.41, 5.74) is 1.53. The third-order valence-corrected chi connectivity index (χ3v) is 7.84. The second-order valence-corrected chi connectivity index (χ2v) is 11.3. The topological polar surface area (TPSA) is 0 Å². The second-order valence-electron chi connectivity index (χ2n) is 0.758. The van der Waals surface area contributed by atoms with Crippen LogP contribution in [0, 0.1) is 0 Å². The van der Waals surface area contributed by atoms with Crippen LogP contribution in [0.1, 0.15) is 0 Å². The monoisotopic (exact) mass is 149 g/mol. The Balaban J connectivity index is 2.17. The van der Waals surface area contributed by atoms with Crippen LogP contribution < -0.4 is 0 Å². The molecule has 0 N–H and O–H groups in total. The molecule has 0 amide bonds. The quantitative estimate of drug-likeness (QED) is 0.349. The van der Waals surface area contributed by atoms with Crippen LogP contribution in [0.25, 0.3) is 0 Å². The normalized spacial score (nSPS) is 26.2. The fourth-order valence-corrected chi connectivity index (χ4v) is 4.69. The molecule has 22 valence electrons. The van der Waals surface area contributed by atoms with E-state index in [0.29, 0.717) is 0 Å². The largest absolute Gasteiger partial charge is 0.359 e. The molecule has 1 saturated heterocycles. The van der Waals surface area contributed by atoms with E-state index in [1.54, 1.807) is 0 Å². The lowest BCUT2D eigenvalue weighted by Gasteiger charge is -1.72. The Labute approximate surface area is 37.4 Å². The Morgan fingerprint density at radius 1 is 2.00 bits per heavy atom. The Kier molecular flexibility index (Phi) is 0.740. The standard InChI is InChI=1S/CH2BrSi2/c2-4-1-3-4/h1H2/q-1. The summed E-state index contributed by atoms with van der Waals surface area (Å²) in [6.07, 6.45) is 0. The highest BCUT2D eigenvalue weighted by atomic mass is 79.9. The first-order valence-electron chi connectivity index (χ1n) is 1.15. The number of rotatable bonds is 0. The lowest BCUT2D eigenvalue weighted by Crippen LogP contribution is -1.63. The fourth-order valence-electron chi connectivity index (χ4n) is 0.0334. The van der Waals surface area contributed by atoms with Crippen molar-refractivity contribution in [2.75, 3.05) is 0 Å². The molecule has 0 saturated carbocycles. The van der Waals surface area contributed by atoms with Crippen LogP contribution in [-0.4, -0.2) is 16.0 Å². The zero-order valence-corrected chi connectivity index (χ0v) is 5.67. The summed E-state index contributed by atoms with van der Waals surface area (Å²) >= 11 is 3.50. The third kappa shape index (κ3) is 0.697. The highest BCUT2D eigenvalue weighted by Crippen LogP contribution is 2.12. The molecule has 4 heavy (non-hydrogen) atoms. The van der Waals surface area contributed by atoms with Gasteiger partial charge in [0.15, 0.2) is 0 Å². The van der Waals surface area contributed by atoms with Gasteiger partial charge in [0.1, 0.15) is 0 Å². The maximum absolute atomic E-state index is 3.50. The molecule has 0 aromatic heterocycles. The minimum atomic E-state index is 0.211. The number of halogens is 1. The van der Waals surface area contributed by atoms with Crippen molar-refractivity contribution in [3.8, 4) is 0 Å². The van der Waals surface area contributed by atoms with E-state index >= 15 is 0 Å². The summed E-state index contributed by atoms with van der Waals surface area (Å²) < 4.78 is 0. The van der Waals surface area contributed by atoms with E-state index in [1.807, 2.05) is 0 Å². The summed E-state index contributed by atoms with van der Waals surface area (Å²) in [6, 6.07) is 0. The molecule has 2 radical (unpaired) electrons. The minimum absolute atomic E-state index is 0.211. The smallest absolute Gasteiger partial charge is 0.198 e. The van der Waals surface area contributed by atoms with E-state index in [9.17, 15) is 0 Å². The predicted octanol–water partition coefficient (Wildman–Crippen LogP) is 0.545. The van der Waals surface area contributed by atoms with Gasteiger partial charge in [-0.15, -0.1) is 0 Å². The van der Waals surface area contributed by atoms with Crippen LogP contribution in [0.15, 0.2) is 0 Å². The third-order valence-electron chi connectivity index (χ3n) is 0.310. The Morgan fingerprint density at radius 3 is 2.25 bits per heavy atom. The van der Waals surface area contributed by atoms with E-state index in [1.165, 1.54) is 14.7 Å². The lowest BCUT2D eigenvalue weighted by atomic mass is 11.9. The van der Waals surface area contributed by atoms with Crippen molar-refractivity contribution in [1.29, 1.82) is 0 Å². The predicted molar refractivity (Wildman–Crippen MR) is 25.2 cm³/mol. The Hall–Kier alpha value is 0.914. The van der Waals surface area contributed by atoms with Crippen LogP contribution in [0.5, 0.6) is 0 Å². The molecule has 3 heteroatoms. The molecule has 0 nitrogen and oxygen atoms in total. The lowest BCUT2D eigenvalue weighted by molar-refractivity contribution is 2.24. The van der Waals surface area contributed by atoms with Crippen molar-refractivity contribution in [2.45, 2.75) is 5.67 Å². The first-order valence-corrected chi connectivity index (χ1v) is 7.32. The van der Waals surface area contributed by atoms with Gasteiger partial charge >= 0.3 is 0 Å². The fraction of sp³-hybridized carbons (Fsp3) is 1.00. The van der Waals surface area contributed by atoms with Crippen LogP contribution in [0.3, 0.4) is 0 Å². The van der Waals surface area contributed by atoms with Gasteiger partial charge in [0.2, 0.25) is 0 Å². The molecule has 1 fully saturated rings. The van der Waals surface area contributed by atoms with Crippen molar-refractivity contribution in [3.05, 3.63) is 0 Å². The van der Waals surface area contributed by atoms with E-state index in [0.717, 1.165) is 0 Å². The van der Waals surface area contributed by atoms with Crippen molar-refractivity contribution in [1.82, 2.24) is 0 Å². The molecule has 0 aromatic rings. The van der Waals surface area contributed by atoms with Gasteiger partial charge < -0.3 is 15.3 Å². The van der Waals surface area contributed by atoms with Gasteiger partial charge in [-0.25, -0.2) is 14.7 Å². The van der Waals surface area contributed by atoms with E-state index in [4.69, 9.17) is 0 Å². The van der Waals surface area contributed by atoms with Crippen molar-refractivity contribution >= 4 is 31.3 Å². The average molecular weight is 150 g/mol. The first-order chi connectivity index (χ1) is 1.89. The second kappa shape index (κ2) is 0.950. The highest BCUT2D eigenvalue weighted by molar-refractivity contribution is 9.26. The van der Waals surface area contributed by atoms with Crippen LogP contribution in [0.4, 0.5) is 0 Å². The maximum Gasteiger partial charge on any atom is -0.198 e. The summed E-state index contributed by atoms with van der Waals surface area (Å²) in [6.45, 7) is 0.211. The molecule has 1 heterocycles. The number of hydrogen-bond donors (Lipinski definition) is 0. The molecule has 1 aliphatic rings. The van der Waals surface area contributed by atoms with Gasteiger partial charge in [-0.1, -0.05) is 0 Å². The van der Waals surface area contributed by atoms with Crippen molar-refractivity contribution in [2.24, 2.45) is 0 Å². The molecule has 1 aliphatic heterocycles. The highest BCUT2D eigenvalue weighted by Gasteiger charge is 1.96. The maximum atomic E-state index is 3.50. The van der Waals surface area contributed by atoms with Gasteiger partial charge in [-0.3, -0.25) is 0 Å². The molecule has 1 rings (SSSR count). The molecular formula is CH2BrSi2-. The zero-order chi connectivity index (χ0) is 2.99. The average Bonchev–Trinajstić information content (AvgIpc) is 1.75.